The molecule has 0 unspecified atom stereocenters. The van der Waals surface area contributed by atoms with Crippen LogP contribution < -0.4 is 5.32 Å². The van der Waals surface area contributed by atoms with Crippen molar-refractivity contribution in [1.82, 2.24) is 19.9 Å². The van der Waals surface area contributed by atoms with Crippen LogP contribution in [-0.2, 0) is 13.5 Å². The molecule has 0 spiro atoms. The van der Waals surface area contributed by atoms with Crippen molar-refractivity contribution in [1.29, 1.82) is 0 Å². The van der Waals surface area contributed by atoms with Gasteiger partial charge in [0.05, 0.1) is 5.69 Å². The zero-order valence-electron chi connectivity index (χ0n) is 10.6. The quantitative estimate of drug-likeness (QED) is 0.866. The number of hydrogen-bond acceptors (Lipinski definition) is 3. The van der Waals surface area contributed by atoms with Crippen molar-refractivity contribution in [2.24, 2.45) is 7.05 Å². The maximum atomic E-state index is 4.61. The van der Waals surface area contributed by atoms with Gasteiger partial charge in [0, 0.05) is 31.9 Å². The van der Waals surface area contributed by atoms with Crippen molar-refractivity contribution >= 4 is 0 Å². The molecule has 0 amide bonds. The monoisotopic (exact) mass is 230 g/mol. The van der Waals surface area contributed by atoms with Crippen molar-refractivity contribution in [3.8, 4) is 11.5 Å². The van der Waals surface area contributed by atoms with Gasteiger partial charge in [-0.3, -0.25) is 4.98 Å². The van der Waals surface area contributed by atoms with Crippen molar-refractivity contribution in [3.63, 3.8) is 0 Å². The van der Waals surface area contributed by atoms with Crippen LogP contribution in [0.5, 0.6) is 0 Å². The van der Waals surface area contributed by atoms with E-state index < -0.39 is 0 Å². The second kappa shape index (κ2) is 5.10. The topological polar surface area (TPSA) is 42.7 Å². The van der Waals surface area contributed by atoms with E-state index in [2.05, 4.69) is 33.8 Å². The third-order valence-electron chi connectivity index (χ3n) is 2.92. The molecule has 0 radical (unpaired) electrons. The molecule has 90 valence electrons. The van der Waals surface area contributed by atoms with Crippen LogP contribution >= 0.6 is 0 Å². The normalized spacial score (nSPS) is 10.8. The molecule has 2 aromatic heterocycles. The minimum absolute atomic E-state index is 0.925. The van der Waals surface area contributed by atoms with Crippen LogP contribution in [0.15, 0.2) is 24.4 Å². The SMILES string of the molecule is CNCCc1c(C)nc(-c2ccccn2)n1C. The average Bonchev–Trinajstić information content (AvgIpc) is 2.64. The first-order valence-corrected chi connectivity index (χ1v) is 5.82. The van der Waals surface area contributed by atoms with Crippen molar-refractivity contribution < 1.29 is 0 Å². The number of aryl methyl sites for hydroxylation is 1. The summed E-state index contributed by atoms with van der Waals surface area (Å²) in [6, 6.07) is 5.89. The number of rotatable bonds is 4. The number of pyridine rings is 1. The predicted octanol–water partition coefficient (Wildman–Crippen LogP) is 1.55. The molecule has 0 aromatic carbocycles. The Morgan fingerprint density at radius 3 is 2.82 bits per heavy atom. The van der Waals surface area contributed by atoms with Crippen molar-refractivity contribution in [2.75, 3.05) is 13.6 Å². The summed E-state index contributed by atoms with van der Waals surface area (Å²) in [5.41, 5.74) is 3.28. The summed E-state index contributed by atoms with van der Waals surface area (Å²) in [5.74, 6) is 0.939. The molecule has 2 rings (SSSR count). The summed E-state index contributed by atoms with van der Waals surface area (Å²) in [6.45, 7) is 3.01. The molecule has 0 aliphatic rings. The van der Waals surface area contributed by atoms with E-state index in [9.17, 15) is 0 Å². The molecule has 17 heavy (non-hydrogen) atoms. The van der Waals surface area contributed by atoms with Crippen molar-refractivity contribution in [2.45, 2.75) is 13.3 Å². The fourth-order valence-electron chi connectivity index (χ4n) is 1.99. The molecule has 0 saturated heterocycles. The van der Waals surface area contributed by atoms with Gasteiger partial charge in [0.1, 0.15) is 5.69 Å². The first-order valence-electron chi connectivity index (χ1n) is 5.82. The predicted molar refractivity (Wildman–Crippen MR) is 68.8 cm³/mol. The first-order chi connectivity index (χ1) is 8.24. The van der Waals surface area contributed by atoms with Gasteiger partial charge in [0.2, 0.25) is 0 Å². The van der Waals surface area contributed by atoms with Gasteiger partial charge in [-0.15, -0.1) is 0 Å². The van der Waals surface area contributed by atoms with Crippen LogP contribution in [-0.4, -0.2) is 28.1 Å². The summed E-state index contributed by atoms with van der Waals surface area (Å²) < 4.78 is 2.13. The Kier molecular flexibility index (Phi) is 3.54. The molecule has 0 fully saturated rings. The van der Waals surface area contributed by atoms with Crippen LogP contribution in [0.1, 0.15) is 11.4 Å². The average molecular weight is 230 g/mol. The highest BCUT2D eigenvalue weighted by Gasteiger charge is 2.12. The molecule has 0 bridgehead atoms. The lowest BCUT2D eigenvalue weighted by molar-refractivity contribution is 0.735. The van der Waals surface area contributed by atoms with Gasteiger partial charge in [-0.25, -0.2) is 4.98 Å². The number of likely N-dealkylation sites (N-methyl/N-ethyl adjacent to an activating group) is 1. The standard InChI is InChI=1S/C13H18N4/c1-10-12(7-9-14-2)17(3)13(16-10)11-6-4-5-8-15-11/h4-6,8,14H,7,9H2,1-3H3. The van der Waals surface area contributed by atoms with E-state index in [4.69, 9.17) is 0 Å². The highest BCUT2D eigenvalue weighted by atomic mass is 15.1. The van der Waals surface area contributed by atoms with Gasteiger partial charge in [0.15, 0.2) is 5.82 Å². The molecule has 1 N–H and O–H groups in total. The Balaban J connectivity index is 2.37. The van der Waals surface area contributed by atoms with Crippen LogP contribution in [0.3, 0.4) is 0 Å². The van der Waals surface area contributed by atoms with E-state index in [1.54, 1.807) is 6.20 Å². The van der Waals surface area contributed by atoms with Gasteiger partial charge < -0.3 is 9.88 Å². The molecular weight excluding hydrogens is 212 g/mol. The Morgan fingerprint density at radius 2 is 2.18 bits per heavy atom. The van der Waals surface area contributed by atoms with Crippen LogP contribution in [0.25, 0.3) is 11.5 Å². The lowest BCUT2D eigenvalue weighted by Gasteiger charge is -2.05. The number of imidazole rings is 1. The van der Waals surface area contributed by atoms with Gasteiger partial charge in [-0.2, -0.15) is 0 Å². The van der Waals surface area contributed by atoms with E-state index in [0.29, 0.717) is 0 Å². The van der Waals surface area contributed by atoms with Crippen LogP contribution in [0, 0.1) is 6.92 Å². The second-order valence-electron chi connectivity index (χ2n) is 4.10. The highest BCUT2D eigenvalue weighted by Crippen LogP contribution is 2.19. The number of nitrogens with zero attached hydrogens (tertiary/aromatic N) is 3. The van der Waals surface area contributed by atoms with Gasteiger partial charge in [-0.05, 0) is 26.1 Å². The lowest BCUT2D eigenvalue weighted by Crippen LogP contribution is -2.13. The summed E-state index contributed by atoms with van der Waals surface area (Å²) in [7, 11) is 4.01. The molecule has 2 heterocycles. The number of aromatic nitrogens is 3. The van der Waals surface area contributed by atoms with E-state index in [0.717, 1.165) is 30.2 Å². The molecular formula is C13H18N4. The fourth-order valence-corrected chi connectivity index (χ4v) is 1.99. The Bertz CT molecular complexity index is 488. The lowest BCUT2D eigenvalue weighted by atomic mass is 10.2. The maximum Gasteiger partial charge on any atom is 0.158 e. The first kappa shape index (κ1) is 11.8. The van der Waals surface area contributed by atoms with E-state index in [1.807, 2.05) is 25.2 Å². The minimum atomic E-state index is 0.925. The molecule has 0 aliphatic carbocycles. The smallest absolute Gasteiger partial charge is 0.158 e. The van der Waals surface area contributed by atoms with E-state index >= 15 is 0 Å². The Morgan fingerprint density at radius 1 is 1.35 bits per heavy atom. The highest BCUT2D eigenvalue weighted by molar-refractivity contribution is 5.51. The summed E-state index contributed by atoms with van der Waals surface area (Å²) in [6.07, 6.45) is 2.78. The van der Waals surface area contributed by atoms with Crippen molar-refractivity contribution in [3.05, 3.63) is 35.8 Å². The van der Waals surface area contributed by atoms with E-state index in [1.165, 1.54) is 5.69 Å². The summed E-state index contributed by atoms with van der Waals surface area (Å²) >= 11 is 0. The molecule has 0 atom stereocenters. The third-order valence-corrected chi connectivity index (χ3v) is 2.92. The van der Waals surface area contributed by atoms with Gasteiger partial charge in [-0.1, -0.05) is 6.07 Å². The Labute approximate surface area is 102 Å². The molecule has 0 saturated carbocycles. The zero-order valence-corrected chi connectivity index (χ0v) is 10.6. The fraction of sp³-hybridized carbons (Fsp3) is 0.385. The van der Waals surface area contributed by atoms with Crippen LogP contribution in [0.2, 0.25) is 0 Å². The summed E-state index contributed by atoms with van der Waals surface area (Å²) in [5, 5.41) is 3.16. The van der Waals surface area contributed by atoms with Gasteiger partial charge in [0.25, 0.3) is 0 Å². The zero-order chi connectivity index (χ0) is 12.3. The molecule has 2 aromatic rings. The third kappa shape index (κ3) is 2.36. The Hall–Kier alpha value is -1.68. The maximum absolute atomic E-state index is 4.61. The number of nitrogens with one attached hydrogen (secondary N) is 1. The largest absolute Gasteiger partial charge is 0.330 e. The van der Waals surface area contributed by atoms with Crippen LogP contribution in [0.4, 0.5) is 0 Å². The minimum Gasteiger partial charge on any atom is -0.330 e. The van der Waals surface area contributed by atoms with E-state index in [-0.39, 0.29) is 0 Å². The van der Waals surface area contributed by atoms with Gasteiger partial charge >= 0.3 is 0 Å². The second-order valence-corrected chi connectivity index (χ2v) is 4.10. The summed E-state index contributed by atoms with van der Waals surface area (Å²) in [4.78, 5) is 8.95. The molecule has 4 heteroatoms. The molecule has 4 nitrogen and oxygen atoms in total. The molecule has 0 aliphatic heterocycles. The number of hydrogen-bond donors (Lipinski definition) is 1.